The fourth-order valence-electron chi connectivity index (χ4n) is 2.24. The minimum absolute atomic E-state index is 0.0143. The number of nitrogens with one attached hydrogen (secondary N) is 1. The molecule has 2 N–H and O–H groups in total. The van der Waals surface area contributed by atoms with E-state index in [2.05, 4.69) is 5.32 Å². The number of nitrogens with zero attached hydrogens (tertiary/aromatic N) is 1. The van der Waals surface area contributed by atoms with Gasteiger partial charge in [0.05, 0.1) is 10.5 Å². The Morgan fingerprint density at radius 2 is 1.50 bits per heavy atom. The summed E-state index contributed by atoms with van der Waals surface area (Å²) < 4.78 is 5.60. The predicted octanol–water partition coefficient (Wildman–Crippen LogP) is 4.35. The molecule has 0 spiro atoms. The molecule has 0 aliphatic heterocycles. The summed E-state index contributed by atoms with van der Waals surface area (Å²) in [5, 5.41) is 23.0. The maximum absolute atomic E-state index is 12.1. The summed E-state index contributed by atoms with van der Waals surface area (Å²) in [5.74, 6) is 0.455. The van der Waals surface area contributed by atoms with Gasteiger partial charge in [-0.2, -0.15) is 0 Å². The fraction of sp³-hybridized carbons (Fsp3) is 0. The first-order valence-corrected chi connectivity index (χ1v) is 7.64. The first-order valence-electron chi connectivity index (χ1n) is 7.64. The van der Waals surface area contributed by atoms with Crippen molar-refractivity contribution in [2.45, 2.75) is 0 Å². The number of rotatable bonds is 5. The molecule has 0 radical (unpaired) electrons. The summed E-state index contributed by atoms with van der Waals surface area (Å²) in [6, 6.07) is 18.6. The first-order chi connectivity index (χ1) is 12.5. The number of hydrogen-bond acceptors (Lipinski definition) is 5. The number of aromatic hydroxyl groups is 1. The van der Waals surface area contributed by atoms with Gasteiger partial charge in [-0.3, -0.25) is 14.9 Å². The number of amides is 1. The number of phenols is 1. The summed E-state index contributed by atoms with van der Waals surface area (Å²) in [4.78, 5) is 22.3. The highest BCUT2D eigenvalue weighted by Crippen LogP contribution is 2.25. The van der Waals surface area contributed by atoms with Crippen molar-refractivity contribution in [3.63, 3.8) is 0 Å². The standard InChI is InChI=1S/C19H14N2O5/c22-18-4-2-1-3-17(18)19(23)20-13-5-9-15(10-6-13)26-16-11-7-14(8-12-16)21(24)25/h1-12,22H,(H,20,23). The summed E-state index contributed by atoms with van der Waals surface area (Å²) in [5.41, 5.74) is 0.701. The molecule has 3 aromatic rings. The number of non-ortho nitro benzene ring substituents is 1. The van der Waals surface area contributed by atoms with Crippen LogP contribution in [0.1, 0.15) is 10.4 Å². The van der Waals surface area contributed by atoms with E-state index in [1.165, 1.54) is 36.4 Å². The van der Waals surface area contributed by atoms with Gasteiger partial charge in [-0.15, -0.1) is 0 Å². The van der Waals surface area contributed by atoms with E-state index < -0.39 is 10.8 Å². The number of ether oxygens (including phenoxy) is 1. The van der Waals surface area contributed by atoms with E-state index >= 15 is 0 Å². The van der Waals surface area contributed by atoms with Crippen LogP contribution in [0.4, 0.5) is 11.4 Å². The lowest BCUT2D eigenvalue weighted by Gasteiger charge is -2.09. The van der Waals surface area contributed by atoms with Gasteiger partial charge in [-0.25, -0.2) is 0 Å². The minimum Gasteiger partial charge on any atom is -0.507 e. The van der Waals surface area contributed by atoms with Crippen LogP contribution >= 0.6 is 0 Å². The van der Waals surface area contributed by atoms with Crippen molar-refractivity contribution in [1.82, 2.24) is 0 Å². The van der Waals surface area contributed by atoms with E-state index in [1.807, 2.05) is 0 Å². The van der Waals surface area contributed by atoms with Crippen molar-refractivity contribution < 1.29 is 19.6 Å². The number of phenolic OH excluding ortho intramolecular Hbond substituents is 1. The zero-order chi connectivity index (χ0) is 18.5. The average Bonchev–Trinajstić information content (AvgIpc) is 2.64. The molecule has 7 heteroatoms. The topological polar surface area (TPSA) is 102 Å². The van der Waals surface area contributed by atoms with Gasteiger partial charge in [0, 0.05) is 17.8 Å². The second-order valence-corrected chi connectivity index (χ2v) is 5.35. The molecule has 7 nitrogen and oxygen atoms in total. The van der Waals surface area contributed by atoms with E-state index in [-0.39, 0.29) is 17.0 Å². The molecule has 0 unspecified atom stereocenters. The molecule has 0 fully saturated rings. The highest BCUT2D eigenvalue weighted by molar-refractivity contribution is 6.06. The molecular weight excluding hydrogens is 336 g/mol. The zero-order valence-corrected chi connectivity index (χ0v) is 13.5. The van der Waals surface area contributed by atoms with Gasteiger partial charge in [0.2, 0.25) is 0 Å². The number of nitro groups is 1. The van der Waals surface area contributed by atoms with E-state index in [4.69, 9.17) is 4.74 Å². The number of anilines is 1. The Bertz CT molecular complexity index is 937. The number of carbonyl (C=O) groups excluding carboxylic acids is 1. The van der Waals surface area contributed by atoms with Gasteiger partial charge in [-0.1, -0.05) is 12.1 Å². The molecule has 0 aliphatic rings. The monoisotopic (exact) mass is 350 g/mol. The Labute approximate surface area is 148 Å². The maximum atomic E-state index is 12.1. The predicted molar refractivity (Wildman–Crippen MR) is 95.7 cm³/mol. The molecule has 0 atom stereocenters. The first kappa shape index (κ1) is 17.0. The van der Waals surface area contributed by atoms with E-state index in [1.54, 1.807) is 36.4 Å². The Morgan fingerprint density at radius 3 is 2.08 bits per heavy atom. The second-order valence-electron chi connectivity index (χ2n) is 5.35. The van der Waals surface area contributed by atoms with E-state index in [0.29, 0.717) is 17.2 Å². The minimum atomic E-state index is -0.480. The molecule has 0 aromatic heterocycles. The normalized spacial score (nSPS) is 10.2. The third-order valence-corrected chi connectivity index (χ3v) is 3.54. The van der Waals surface area contributed by atoms with Crippen LogP contribution in [0, 0.1) is 10.1 Å². The molecular formula is C19H14N2O5. The van der Waals surface area contributed by atoms with Crippen LogP contribution < -0.4 is 10.1 Å². The van der Waals surface area contributed by atoms with Crippen LogP contribution in [0.3, 0.4) is 0 Å². The third-order valence-electron chi connectivity index (χ3n) is 3.54. The highest BCUT2D eigenvalue weighted by Gasteiger charge is 2.10. The highest BCUT2D eigenvalue weighted by atomic mass is 16.6. The fourth-order valence-corrected chi connectivity index (χ4v) is 2.24. The Kier molecular flexibility index (Phi) is 4.80. The maximum Gasteiger partial charge on any atom is 0.269 e. The number of hydrogen-bond donors (Lipinski definition) is 2. The van der Waals surface area contributed by atoms with Gasteiger partial charge in [0.15, 0.2) is 0 Å². The summed E-state index contributed by atoms with van der Waals surface area (Å²) in [6.45, 7) is 0. The lowest BCUT2D eigenvalue weighted by atomic mass is 10.2. The van der Waals surface area contributed by atoms with Gasteiger partial charge < -0.3 is 15.2 Å². The summed E-state index contributed by atoms with van der Waals surface area (Å²) in [7, 11) is 0. The zero-order valence-electron chi connectivity index (χ0n) is 13.5. The van der Waals surface area contributed by atoms with Crippen LogP contribution in [0.2, 0.25) is 0 Å². The van der Waals surface area contributed by atoms with Crippen molar-refractivity contribution in [3.8, 4) is 17.2 Å². The number of nitro benzene ring substituents is 1. The SMILES string of the molecule is O=C(Nc1ccc(Oc2ccc([N+](=O)[O-])cc2)cc1)c1ccccc1O. The van der Waals surface area contributed by atoms with Gasteiger partial charge >= 0.3 is 0 Å². The molecule has 0 aliphatic carbocycles. The van der Waals surface area contributed by atoms with Crippen LogP contribution in [0.5, 0.6) is 17.2 Å². The average molecular weight is 350 g/mol. The smallest absolute Gasteiger partial charge is 0.269 e. The number of carbonyl (C=O) groups is 1. The molecule has 0 heterocycles. The lowest BCUT2D eigenvalue weighted by Crippen LogP contribution is -2.11. The van der Waals surface area contributed by atoms with Crippen molar-refractivity contribution >= 4 is 17.3 Å². The lowest BCUT2D eigenvalue weighted by molar-refractivity contribution is -0.384. The second kappa shape index (κ2) is 7.35. The molecule has 130 valence electrons. The van der Waals surface area contributed by atoms with Gasteiger partial charge in [-0.05, 0) is 48.5 Å². The van der Waals surface area contributed by atoms with Crippen LogP contribution in [0.25, 0.3) is 0 Å². The Balaban J connectivity index is 1.66. The molecule has 3 rings (SSSR count). The van der Waals surface area contributed by atoms with Gasteiger partial charge in [0.25, 0.3) is 11.6 Å². The van der Waals surface area contributed by atoms with Crippen LogP contribution in [-0.2, 0) is 0 Å². The molecule has 0 saturated carbocycles. The largest absolute Gasteiger partial charge is 0.507 e. The van der Waals surface area contributed by atoms with Crippen molar-refractivity contribution in [2.75, 3.05) is 5.32 Å². The molecule has 26 heavy (non-hydrogen) atoms. The van der Waals surface area contributed by atoms with Crippen LogP contribution in [0.15, 0.2) is 72.8 Å². The molecule has 1 amide bonds. The van der Waals surface area contributed by atoms with E-state index in [9.17, 15) is 20.0 Å². The van der Waals surface area contributed by atoms with Crippen LogP contribution in [-0.4, -0.2) is 15.9 Å². The molecule has 0 bridgehead atoms. The van der Waals surface area contributed by atoms with Gasteiger partial charge in [0.1, 0.15) is 17.2 Å². The summed E-state index contributed by atoms with van der Waals surface area (Å²) >= 11 is 0. The number of para-hydroxylation sites is 1. The van der Waals surface area contributed by atoms with Crippen molar-refractivity contribution in [2.24, 2.45) is 0 Å². The quantitative estimate of drug-likeness (QED) is 0.526. The number of benzene rings is 3. The summed E-state index contributed by atoms with van der Waals surface area (Å²) in [6.07, 6.45) is 0. The van der Waals surface area contributed by atoms with Crippen molar-refractivity contribution in [1.29, 1.82) is 0 Å². The Morgan fingerprint density at radius 1 is 0.923 bits per heavy atom. The molecule has 3 aromatic carbocycles. The molecule has 0 saturated heterocycles. The third kappa shape index (κ3) is 3.96. The van der Waals surface area contributed by atoms with Crippen molar-refractivity contribution in [3.05, 3.63) is 88.5 Å². The Hall–Kier alpha value is -3.87. The van der Waals surface area contributed by atoms with E-state index in [0.717, 1.165) is 0 Å².